The van der Waals surface area contributed by atoms with E-state index in [2.05, 4.69) is 10.2 Å². The van der Waals surface area contributed by atoms with Crippen LogP contribution in [0, 0.1) is 5.82 Å². The van der Waals surface area contributed by atoms with E-state index >= 15 is 0 Å². The molecule has 2 N–H and O–H groups in total. The van der Waals surface area contributed by atoms with Crippen LogP contribution in [0.15, 0.2) is 30.3 Å². The number of benzene rings is 1. The minimum absolute atomic E-state index is 0.166. The zero-order chi connectivity index (χ0) is 19.3. The first-order chi connectivity index (χ1) is 12.2. The molecule has 0 atom stereocenters. The zero-order valence-electron chi connectivity index (χ0n) is 13.6. The second kappa shape index (κ2) is 8.37. The standard InChI is InChI=1S/C14H13FN2O3S.C2H3F3/c15-10-3-1-2-4-11(10)16-14(18)17-6-5-9-7-13(20-19)21-12(9)8-17;1-2(3,4)5/h1-4,7,19H,5-6,8H2,(H,16,18);1H3. The third kappa shape index (κ3) is 5.88. The second-order valence-corrected chi connectivity index (χ2v) is 6.57. The third-order valence-electron chi connectivity index (χ3n) is 3.35. The molecule has 1 aliphatic rings. The molecule has 26 heavy (non-hydrogen) atoms. The van der Waals surface area contributed by atoms with Crippen LogP contribution in [-0.2, 0) is 13.0 Å². The maximum atomic E-state index is 13.5. The first kappa shape index (κ1) is 20.0. The van der Waals surface area contributed by atoms with Crippen molar-refractivity contribution in [2.24, 2.45) is 0 Å². The summed E-state index contributed by atoms with van der Waals surface area (Å²) in [5.41, 5.74) is 1.23. The van der Waals surface area contributed by atoms with Gasteiger partial charge in [0.2, 0.25) is 5.06 Å². The van der Waals surface area contributed by atoms with Crippen molar-refractivity contribution in [1.82, 2.24) is 4.90 Å². The topological polar surface area (TPSA) is 61.8 Å². The molecule has 0 bridgehead atoms. The number of alkyl halides is 3. The van der Waals surface area contributed by atoms with Gasteiger partial charge in [-0.2, -0.15) is 13.2 Å². The summed E-state index contributed by atoms with van der Waals surface area (Å²) in [6, 6.07) is 7.48. The van der Waals surface area contributed by atoms with Gasteiger partial charge in [-0.15, -0.1) is 0 Å². The maximum Gasteiger partial charge on any atom is 0.386 e. The molecule has 10 heteroatoms. The van der Waals surface area contributed by atoms with Gasteiger partial charge in [0.1, 0.15) is 5.82 Å². The van der Waals surface area contributed by atoms with Crippen molar-refractivity contribution >= 4 is 23.1 Å². The number of hydrogen-bond donors (Lipinski definition) is 2. The summed E-state index contributed by atoms with van der Waals surface area (Å²) < 4.78 is 44.6. The molecule has 0 radical (unpaired) electrons. The number of halogens is 4. The lowest BCUT2D eigenvalue weighted by molar-refractivity contribution is -0.133. The second-order valence-electron chi connectivity index (χ2n) is 5.47. The Labute approximate surface area is 150 Å². The molecule has 3 rings (SSSR count). The molecule has 2 aromatic rings. The van der Waals surface area contributed by atoms with Gasteiger partial charge in [0.15, 0.2) is 0 Å². The van der Waals surface area contributed by atoms with Gasteiger partial charge in [-0.05, 0) is 30.2 Å². The van der Waals surface area contributed by atoms with Crippen LogP contribution in [0.2, 0.25) is 0 Å². The normalized spacial score (nSPS) is 13.4. The lowest BCUT2D eigenvalue weighted by atomic mass is 10.1. The summed E-state index contributed by atoms with van der Waals surface area (Å²) >= 11 is 1.30. The Hall–Kier alpha value is -2.33. The molecular weight excluding hydrogens is 376 g/mol. The van der Waals surface area contributed by atoms with Gasteiger partial charge in [-0.3, -0.25) is 0 Å². The Morgan fingerprint density at radius 1 is 1.35 bits per heavy atom. The third-order valence-corrected chi connectivity index (χ3v) is 4.38. The lowest BCUT2D eigenvalue weighted by Gasteiger charge is -2.26. The Kier molecular flexibility index (Phi) is 6.43. The molecule has 2 amide bonds. The number of carbonyl (C=O) groups is 1. The highest BCUT2D eigenvalue weighted by Gasteiger charge is 2.24. The average Bonchev–Trinajstić information content (AvgIpc) is 2.97. The SMILES string of the molecule is CC(F)(F)F.O=C(Nc1ccccc1F)N1CCc2cc(OO)sc2C1. The van der Waals surface area contributed by atoms with Crippen LogP contribution in [0.5, 0.6) is 5.06 Å². The summed E-state index contributed by atoms with van der Waals surface area (Å²) in [4.78, 5) is 19.0. The first-order valence-electron chi connectivity index (χ1n) is 7.47. The number of hydrogen-bond acceptors (Lipinski definition) is 4. The fourth-order valence-corrected chi connectivity index (χ4v) is 3.26. The summed E-state index contributed by atoms with van der Waals surface area (Å²) in [6.45, 7) is 1.14. The molecule has 0 spiro atoms. The fraction of sp³-hybridized carbons (Fsp3) is 0.312. The highest BCUT2D eigenvalue weighted by atomic mass is 32.1. The molecule has 0 fully saturated rings. The minimum Gasteiger partial charge on any atom is -0.329 e. The lowest BCUT2D eigenvalue weighted by Crippen LogP contribution is -2.38. The number of amides is 2. The average molecular weight is 392 g/mol. The van der Waals surface area contributed by atoms with E-state index in [9.17, 15) is 22.4 Å². The number of rotatable bonds is 2. The summed E-state index contributed by atoms with van der Waals surface area (Å²) in [7, 11) is 0. The molecule has 5 nitrogen and oxygen atoms in total. The summed E-state index contributed by atoms with van der Waals surface area (Å²) in [6.07, 6.45) is -3.32. The number of nitrogens with zero attached hydrogens (tertiary/aromatic N) is 1. The number of para-hydroxylation sites is 1. The number of fused-ring (bicyclic) bond motifs is 1. The number of urea groups is 1. The maximum absolute atomic E-state index is 13.5. The van der Waals surface area contributed by atoms with Gasteiger partial charge in [-0.25, -0.2) is 14.4 Å². The van der Waals surface area contributed by atoms with E-state index in [4.69, 9.17) is 5.26 Å². The van der Waals surface area contributed by atoms with Crippen LogP contribution in [0.4, 0.5) is 28.0 Å². The van der Waals surface area contributed by atoms with Gasteiger partial charge in [0.25, 0.3) is 0 Å². The van der Waals surface area contributed by atoms with Gasteiger partial charge in [0, 0.05) is 18.3 Å². The fourth-order valence-electron chi connectivity index (χ4n) is 2.27. The van der Waals surface area contributed by atoms with Crippen molar-refractivity contribution in [2.75, 3.05) is 11.9 Å². The minimum atomic E-state index is -4.00. The van der Waals surface area contributed by atoms with Gasteiger partial charge >= 0.3 is 12.2 Å². The number of nitrogens with one attached hydrogen (secondary N) is 1. The van der Waals surface area contributed by atoms with Crippen molar-refractivity contribution in [3.8, 4) is 5.06 Å². The Balaban J connectivity index is 0.000000431. The molecule has 1 aromatic heterocycles. The van der Waals surface area contributed by atoms with Crippen LogP contribution in [0.3, 0.4) is 0 Å². The first-order valence-corrected chi connectivity index (χ1v) is 8.29. The van der Waals surface area contributed by atoms with Crippen molar-refractivity contribution in [3.05, 3.63) is 46.6 Å². The van der Waals surface area contributed by atoms with Crippen molar-refractivity contribution in [2.45, 2.75) is 26.1 Å². The summed E-state index contributed by atoms with van der Waals surface area (Å²) in [5.74, 6) is -0.462. The van der Waals surface area contributed by atoms with E-state index in [1.807, 2.05) is 0 Å². The van der Waals surface area contributed by atoms with Crippen LogP contribution >= 0.6 is 11.3 Å². The Morgan fingerprint density at radius 3 is 2.62 bits per heavy atom. The predicted octanol–water partition coefficient (Wildman–Crippen LogP) is 4.90. The number of anilines is 1. The number of carbonyl (C=O) groups excluding carboxylic acids is 1. The smallest absolute Gasteiger partial charge is 0.329 e. The molecule has 1 aliphatic heterocycles. The van der Waals surface area contributed by atoms with Crippen molar-refractivity contribution in [1.29, 1.82) is 0 Å². The molecule has 0 saturated heterocycles. The largest absolute Gasteiger partial charge is 0.386 e. The quantitative estimate of drug-likeness (QED) is 0.434. The van der Waals surface area contributed by atoms with E-state index in [0.29, 0.717) is 24.6 Å². The van der Waals surface area contributed by atoms with E-state index in [-0.39, 0.29) is 18.6 Å². The van der Waals surface area contributed by atoms with Gasteiger partial charge in [0.05, 0.1) is 12.2 Å². The number of thiophene rings is 1. The molecule has 0 aliphatic carbocycles. The van der Waals surface area contributed by atoms with Gasteiger partial charge in [-0.1, -0.05) is 23.5 Å². The van der Waals surface area contributed by atoms with Crippen LogP contribution in [0.25, 0.3) is 0 Å². The highest BCUT2D eigenvalue weighted by Crippen LogP contribution is 2.33. The molecule has 0 unspecified atom stereocenters. The zero-order valence-corrected chi connectivity index (χ0v) is 14.5. The van der Waals surface area contributed by atoms with E-state index in [1.54, 1.807) is 23.1 Å². The van der Waals surface area contributed by atoms with Crippen LogP contribution in [0.1, 0.15) is 17.4 Å². The van der Waals surface area contributed by atoms with Crippen LogP contribution in [-0.4, -0.2) is 28.9 Å². The highest BCUT2D eigenvalue weighted by molar-refractivity contribution is 7.14. The molecule has 0 saturated carbocycles. The van der Waals surface area contributed by atoms with E-state index in [1.165, 1.54) is 23.5 Å². The molecular formula is C16H16F4N2O3S. The van der Waals surface area contributed by atoms with Gasteiger partial charge < -0.3 is 15.1 Å². The van der Waals surface area contributed by atoms with Crippen LogP contribution < -0.4 is 10.2 Å². The van der Waals surface area contributed by atoms with E-state index in [0.717, 1.165) is 10.4 Å². The molecule has 1 aromatic carbocycles. The molecule has 2 heterocycles. The van der Waals surface area contributed by atoms with E-state index < -0.39 is 12.0 Å². The summed E-state index contributed by atoms with van der Waals surface area (Å²) in [5, 5.41) is 11.6. The van der Waals surface area contributed by atoms with Crippen molar-refractivity contribution < 1.29 is 32.5 Å². The predicted molar refractivity (Wildman–Crippen MR) is 88.8 cm³/mol. The monoisotopic (exact) mass is 392 g/mol. The Morgan fingerprint density at radius 2 is 2.00 bits per heavy atom. The Bertz CT molecular complexity index is 758. The van der Waals surface area contributed by atoms with Crippen molar-refractivity contribution in [3.63, 3.8) is 0 Å². The molecule has 142 valence electrons.